The van der Waals surface area contributed by atoms with Gasteiger partial charge < -0.3 is 10.4 Å². The minimum atomic E-state index is 0.352. The number of phenolic OH excluding ortho intramolecular Hbond substituents is 1. The molecule has 1 saturated carbocycles. The Hall–Kier alpha value is -1.02. The second-order valence-electron chi connectivity index (χ2n) is 7.21. The molecular formula is C18H29NO. The molecule has 1 aromatic carbocycles. The lowest BCUT2D eigenvalue weighted by molar-refractivity contribution is 0.198. The van der Waals surface area contributed by atoms with Crippen LogP contribution in [0.25, 0.3) is 0 Å². The van der Waals surface area contributed by atoms with Gasteiger partial charge in [0.2, 0.25) is 0 Å². The molecule has 0 radical (unpaired) electrons. The molecule has 0 heterocycles. The molecule has 1 aliphatic rings. The van der Waals surface area contributed by atoms with E-state index in [0.29, 0.717) is 23.2 Å². The zero-order chi connectivity index (χ0) is 14.6. The van der Waals surface area contributed by atoms with Crippen LogP contribution in [0.1, 0.15) is 58.4 Å². The van der Waals surface area contributed by atoms with Gasteiger partial charge in [0.1, 0.15) is 5.75 Å². The lowest BCUT2D eigenvalue weighted by Crippen LogP contribution is -2.40. The van der Waals surface area contributed by atoms with Crippen molar-refractivity contribution in [3.63, 3.8) is 0 Å². The fourth-order valence-corrected chi connectivity index (χ4v) is 3.10. The van der Waals surface area contributed by atoms with E-state index in [0.717, 1.165) is 12.8 Å². The van der Waals surface area contributed by atoms with Gasteiger partial charge in [-0.3, -0.25) is 0 Å². The van der Waals surface area contributed by atoms with Crippen molar-refractivity contribution in [1.82, 2.24) is 5.32 Å². The molecule has 2 N–H and O–H groups in total. The van der Waals surface area contributed by atoms with Crippen molar-refractivity contribution in [2.75, 3.05) is 0 Å². The maximum Gasteiger partial charge on any atom is 0.115 e. The van der Waals surface area contributed by atoms with Crippen molar-refractivity contribution in [1.29, 1.82) is 0 Å². The number of aromatic hydroxyl groups is 1. The normalized spacial score (nSPS) is 20.8. The average Bonchev–Trinajstić information content (AvgIpc) is 2.41. The minimum absolute atomic E-state index is 0.352. The number of phenols is 1. The van der Waals surface area contributed by atoms with Crippen molar-refractivity contribution in [3.8, 4) is 5.75 Å². The van der Waals surface area contributed by atoms with Gasteiger partial charge in [0.05, 0.1) is 0 Å². The summed E-state index contributed by atoms with van der Waals surface area (Å²) in [7, 11) is 0. The predicted octanol–water partition coefficient (Wildman–Crippen LogP) is 4.27. The number of nitrogens with one attached hydrogen (secondary N) is 1. The van der Waals surface area contributed by atoms with Crippen LogP contribution in [-0.2, 0) is 6.42 Å². The monoisotopic (exact) mass is 275 g/mol. The van der Waals surface area contributed by atoms with E-state index in [1.807, 2.05) is 12.1 Å². The van der Waals surface area contributed by atoms with E-state index >= 15 is 0 Å². The Balaban J connectivity index is 1.70. The molecule has 0 saturated heterocycles. The lowest BCUT2D eigenvalue weighted by Gasteiger charge is -2.36. The molecule has 112 valence electrons. The Bertz CT molecular complexity index is 400. The molecular weight excluding hydrogens is 246 g/mol. The summed E-state index contributed by atoms with van der Waals surface area (Å²) in [5, 5.41) is 13.1. The van der Waals surface area contributed by atoms with Crippen molar-refractivity contribution in [3.05, 3.63) is 29.8 Å². The molecule has 0 spiro atoms. The van der Waals surface area contributed by atoms with Crippen LogP contribution in [0, 0.1) is 5.41 Å². The fourth-order valence-electron chi connectivity index (χ4n) is 3.10. The summed E-state index contributed by atoms with van der Waals surface area (Å²) in [6, 6.07) is 8.86. The zero-order valence-electron chi connectivity index (χ0n) is 13.2. The van der Waals surface area contributed by atoms with Gasteiger partial charge in [-0.1, -0.05) is 26.0 Å². The summed E-state index contributed by atoms with van der Waals surface area (Å²) in [5.74, 6) is 0.352. The van der Waals surface area contributed by atoms with Gasteiger partial charge in [0.15, 0.2) is 0 Å². The largest absolute Gasteiger partial charge is 0.508 e. The second-order valence-corrected chi connectivity index (χ2v) is 7.21. The Morgan fingerprint density at radius 1 is 1.20 bits per heavy atom. The number of hydrogen-bond acceptors (Lipinski definition) is 2. The van der Waals surface area contributed by atoms with E-state index < -0.39 is 0 Å². The molecule has 2 nitrogen and oxygen atoms in total. The molecule has 2 heteroatoms. The van der Waals surface area contributed by atoms with E-state index in [2.05, 4.69) is 26.1 Å². The van der Waals surface area contributed by atoms with E-state index in [1.54, 1.807) is 12.1 Å². The Labute approximate surface area is 123 Å². The molecule has 0 amide bonds. The van der Waals surface area contributed by atoms with Crippen molar-refractivity contribution < 1.29 is 5.11 Å². The highest BCUT2D eigenvalue weighted by Gasteiger charge is 2.27. The van der Waals surface area contributed by atoms with Crippen LogP contribution in [0.2, 0.25) is 0 Å². The van der Waals surface area contributed by atoms with Gasteiger partial charge in [0, 0.05) is 12.1 Å². The first kappa shape index (κ1) is 15.4. The first-order valence-corrected chi connectivity index (χ1v) is 7.99. The highest BCUT2D eigenvalue weighted by atomic mass is 16.3. The SMILES string of the molecule is CC(CCc1ccc(O)cc1)NC1CCC(C)(C)CC1. The molecule has 0 aliphatic heterocycles. The van der Waals surface area contributed by atoms with Crippen LogP contribution >= 0.6 is 0 Å². The molecule has 2 rings (SSSR count). The number of hydrogen-bond donors (Lipinski definition) is 2. The number of rotatable bonds is 5. The quantitative estimate of drug-likeness (QED) is 0.841. The maximum absolute atomic E-state index is 9.28. The highest BCUT2D eigenvalue weighted by Crippen LogP contribution is 2.35. The zero-order valence-corrected chi connectivity index (χ0v) is 13.2. The topological polar surface area (TPSA) is 32.3 Å². The standard InChI is InChI=1S/C18H29NO/c1-14(4-5-15-6-8-17(20)9-7-15)19-16-10-12-18(2,3)13-11-16/h6-9,14,16,19-20H,4-5,10-13H2,1-3H3. The second kappa shape index (κ2) is 6.62. The summed E-state index contributed by atoms with van der Waals surface area (Å²) in [6.07, 6.45) is 7.55. The van der Waals surface area contributed by atoms with Gasteiger partial charge in [0.25, 0.3) is 0 Å². The van der Waals surface area contributed by atoms with Crippen LogP contribution in [-0.4, -0.2) is 17.2 Å². The predicted molar refractivity (Wildman–Crippen MR) is 85.1 cm³/mol. The molecule has 1 aliphatic carbocycles. The summed E-state index contributed by atoms with van der Waals surface area (Å²) in [5.41, 5.74) is 1.86. The first-order chi connectivity index (χ1) is 9.44. The van der Waals surface area contributed by atoms with Crippen LogP contribution in [0.4, 0.5) is 0 Å². The van der Waals surface area contributed by atoms with Gasteiger partial charge in [-0.2, -0.15) is 0 Å². The number of benzene rings is 1. The third kappa shape index (κ3) is 4.82. The van der Waals surface area contributed by atoms with E-state index in [9.17, 15) is 5.11 Å². The summed E-state index contributed by atoms with van der Waals surface area (Å²) in [4.78, 5) is 0. The van der Waals surface area contributed by atoms with Crippen LogP contribution in [0.5, 0.6) is 5.75 Å². The molecule has 1 atom stereocenters. The van der Waals surface area contributed by atoms with Gasteiger partial charge >= 0.3 is 0 Å². The van der Waals surface area contributed by atoms with Gasteiger partial charge in [-0.25, -0.2) is 0 Å². The Morgan fingerprint density at radius 3 is 2.40 bits per heavy atom. The minimum Gasteiger partial charge on any atom is -0.508 e. The molecule has 0 bridgehead atoms. The first-order valence-electron chi connectivity index (χ1n) is 7.99. The Morgan fingerprint density at radius 2 is 1.80 bits per heavy atom. The molecule has 20 heavy (non-hydrogen) atoms. The maximum atomic E-state index is 9.28. The van der Waals surface area contributed by atoms with Crippen LogP contribution in [0.15, 0.2) is 24.3 Å². The van der Waals surface area contributed by atoms with Crippen LogP contribution < -0.4 is 5.32 Å². The van der Waals surface area contributed by atoms with Crippen molar-refractivity contribution >= 4 is 0 Å². The summed E-state index contributed by atoms with van der Waals surface area (Å²) in [6.45, 7) is 7.06. The van der Waals surface area contributed by atoms with Crippen molar-refractivity contribution in [2.45, 2.75) is 71.4 Å². The third-order valence-corrected chi connectivity index (χ3v) is 4.66. The fraction of sp³-hybridized carbons (Fsp3) is 0.667. The number of aryl methyl sites for hydroxylation is 1. The highest BCUT2D eigenvalue weighted by molar-refractivity contribution is 5.25. The smallest absolute Gasteiger partial charge is 0.115 e. The summed E-state index contributed by atoms with van der Waals surface area (Å²) >= 11 is 0. The van der Waals surface area contributed by atoms with Gasteiger partial charge in [-0.15, -0.1) is 0 Å². The molecule has 1 fully saturated rings. The van der Waals surface area contributed by atoms with Gasteiger partial charge in [-0.05, 0) is 68.6 Å². The van der Waals surface area contributed by atoms with Crippen LogP contribution in [0.3, 0.4) is 0 Å². The van der Waals surface area contributed by atoms with Crippen molar-refractivity contribution in [2.24, 2.45) is 5.41 Å². The lowest BCUT2D eigenvalue weighted by atomic mass is 9.75. The Kier molecular flexibility index (Phi) is 5.09. The molecule has 1 aromatic rings. The summed E-state index contributed by atoms with van der Waals surface area (Å²) < 4.78 is 0. The van der Waals surface area contributed by atoms with E-state index in [4.69, 9.17) is 0 Å². The van der Waals surface area contributed by atoms with E-state index in [-0.39, 0.29) is 0 Å². The molecule has 0 aromatic heterocycles. The third-order valence-electron chi connectivity index (χ3n) is 4.66. The van der Waals surface area contributed by atoms with E-state index in [1.165, 1.54) is 31.2 Å². The average molecular weight is 275 g/mol. The molecule has 1 unspecified atom stereocenters.